The average molecular weight is 454 g/mol. The summed E-state index contributed by atoms with van der Waals surface area (Å²) in [6.07, 6.45) is 0. The number of nitrogens with zero attached hydrogens (tertiary/aromatic N) is 3. The van der Waals surface area contributed by atoms with Gasteiger partial charge in [-0.05, 0) is 18.2 Å². The number of benzene rings is 1. The van der Waals surface area contributed by atoms with Crippen LogP contribution in [-0.4, -0.2) is 54.0 Å². The van der Waals surface area contributed by atoms with Crippen molar-refractivity contribution in [1.82, 2.24) is 14.8 Å². The third-order valence-electron chi connectivity index (χ3n) is 4.24. The number of carbonyl (C=O) groups excluding carboxylic acids is 1. The lowest BCUT2D eigenvalue weighted by Crippen LogP contribution is -2.48. The number of hydrogen-bond acceptors (Lipinski definition) is 6. The van der Waals surface area contributed by atoms with Crippen molar-refractivity contribution in [2.24, 2.45) is 5.73 Å². The normalized spacial score (nSPS) is 14.3. The Kier molecular flexibility index (Phi) is 9.80. The van der Waals surface area contributed by atoms with E-state index in [0.29, 0.717) is 30.4 Å². The summed E-state index contributed by atoms with van der Waals surface area (Å²) in [5, 5.41) is 3.27. The number of aromatic nitrogens is 1. The number of nitrogens with two attached hydrogens (primary N) is 1. The van der Waals surface area contributed by atoms with Gasteiger partial charge in [0.2, 0.25) is 0 Å². The van der Waals surface area contributed by atoms with Crippen molar-refractivity contribution in [3.63, 3.8) is 0 Å². The minimum atomic E-state index is -0.0177. The van der Waals surface area contributed by atoms with E-state index >= 15 is 0 Å². The number of ether oxygens (including phenoxy) is 1. The second-order valence-corrected chi connectivity index (χ2v) is 7.23. The Labute approximate surface area is 180 Å². The van der Waals surface area contributed by atoms with Crippen LogP contribution in [0.5, 0.6) is 5.75 Å². The van der Waals surface area contributed by atoms with E-state index in [1.807, 2.05) is 23.1 Å². The number of amides is 1. The molecule has 0 radical (unpaired) electrons. The average Bonchev–Trinajstić information content (AvgIpc) is 3.11. The van der Waals surface area contributed by atoms with Crippen molar-refractivity contribution in [3.8, 4) is 5.75 Å². The minimum Gasteiger partial charge on any atom is -0.496 e. The molecule has 0 atom stereocenters. The van der Waals surface area contributed by atoms with Crippen LogP contribution in [0.15, 0.2) is 23.6 Å². The second kappa shape index (κ2) is 11.0. The van der Waals surface area contributed by atoms with Gasteiger partial charge in [0, 0.05) is 55.2 Å². The Morgan fingerprint density at radius 2 is 2.00 bits per heavy atom. The van der Waals surface area contributed by atoms with Gasteiger partial charge in [-0.2, -0.15) is 0 Å². The van der Waals surface area contributed by atoms with Crippen LogP contribution >= 0.6 is 47.8 Å². The fourth-order valence-corrected chi connectivity index (χ4v) is 3.73. The largest absolute Gasteiger partial charge is 0.496 e. The molecule has 1 aromatic heterocycles. The fraction of sp³-hybridized carbons (Fsp3) is 0.412. The van der Waals surface area contributed by atoms with Gasteiger partial charge in [0.25, 0.3) is 5.91 Å². The zero-order valence-electron chi connectivity index (χ0n) is 14.9. The van der Waals surface area contributed by atoms with Gasteiger partial charge >= 0.3 is 0 Å². The molecule has 1 amide bonds. The lowest BCUT2D eigenvalue weighted by Gasteiger charge is -2.34. The van der Waals surface area contributed by atoms with Crippen LogP contribution in [0.25, 0.3) is 0 Å². The summed E-state index contributed by atoms with van der Waals surface area (Å²) in [4.78, 5) is 20.9. The van der Waals surface area contributed by atoms with Crippen LogP contribution in [0.2, 0.25) is 5.02 Å². The molecular weight excluding hydrogens is 431 g/mol. The van der Waals surface area contributed by atoms with Gasteiger partial charge in [-0.25, -0.2) is 4.98 Å². The van der Waals surface area contributed by atoms with Crippen LogP contribution in [0, 0.1) is 0 Å². The van der Waals surface area contributed by atoms with E-state index in [2.05, 4.69) is 9.88 Å². The Morgan fingerprint density at radius 3 is 2.59 bits per heavy atom. The predicted molar refractivity (Wildman–Crippen MR) is 114 cm³/mol. The fourth-order valence-electron chi connectivity index (χ4n) is 2.89. The lowest BCUT2D eigenvalue weighted by atomic mass is 10.1. The predicted octanol–water partition coefficient (Wildman–Crippen LogP) is 3.07. The standard InChI is InChI=1S/C17H21ClN4O2S.2ClH/c1-24-15-3-2-13(18)8-12(15)10-21-4-6-22(7-5-21)17(23)14-11-25-16(9-19)20-14;;/h2-3,8,11H,4-7,9-10,19H2,1H3;2*1H. The number of methoxy groups -OCH3 is 1. The molecule has 2 heterocycles. The first kappa shape index (κ1) is 23.9. The van der Waals surface area contributed by atoms with E-state index in [9.17, 15) is 4.79 Å². The van der Waals surface area contributed by atoms with Crippen LogP contribution in [0.1, 0.15) is 21.1 Å². The highest BCUT2D eigenvalue weighted by molar-refractivity contribution is 7.09. The molecule has 0 saturated carbocycles. The summed E-state index contributed by atoms with van der Waals surface area (Å²) in [5.41, 5.74) is 7.12. The highest BCUT2D eigenvalue weighted by Gasteiger charge is 2.24. The van der Waals surface area contributed by atoms with Crippen molar-refractivity contribution >= 4 is 53.7 Å². The molecule has 1 aliphatic rings. The molecule has 0 bridgehead atoms. The van der Waals surface area contributed by atoms with Crippen LogP contribution in [0.4, 0.5) is 0 Å². The SMILES string of the molecule is COc1ccc(Cl)cc1CN1CCN(C(=O)c2csc(CN)n2)CC1.Cl.Cl. The number of piperazine rings is 1. The molecule has 1 aliphatic heterocycles. The molecule has 2 N–H and O–H groups in total. The van der Waals surface area contributed by atoms with E-state index in [0.717, 1.165) is 36.0 Å². The maximum atomic E-state index is 12.5. The Balaban J connectivity index is 0.00000182. The van der Waals surface area contributed by atoms with Crippen LogP contribution in [0.3, 0.4) is 0 Å². The molecule has 27 heavy (non-hydrogen) atoms. The molecule has 3 rings (SSSR count). The van der Waals surface area contributed by atoms with Gasteiger partial charge in [0.1, 0.15) is 16.5 Å². The van der Waals surface area contributed by atoms with Gasteiger partial charge < -0.3 is 15.4 Å². The smallest absolute Gasteiger partial charge is 0.273 e. The zero-order chi connectivity index (χ0) is 17.8. The van der Waals surface area contributed by atoms with E-state index in [4.69, 9.17) is 22.1 Å². The maximum absolute atomic E-state index is 12.5. The molecule has 0 aliphatic carbocycles. The third kappa shape index (κ3) is 5.94. The van der Waals surface area contributed by atoms with Gasteiger partial charge in [-0.15, -0.1) is 36.2 Å². The monoisotopic (exact) mass is 452 g/mol. The molecule has 1 fully saturated rings. The number of thiazole rings is 1. The summed E-state index contributed by atoms with van der Waals surface area (Å²) < 4.78 is 5.40. The van der Waals surface area contributed by atoms with Gasteiger partial charge in [0.15, 0.2) is 0 Å². The highest BCUT2D eigenvalue weighted by atomic mass is 35.5. The molecule has 6 nitrogen and oxygen atoms in total. The van der Waals surface area contributed by atoms with Crippen molar-refractivity contribution in [1.29, 1.82) is 0 Å². The Bertz CT molecular complexity index is 752. The number of halogens is 3. The van der Waals surface area contributed by atoms with Gasteiger partial charge in [0.05, 0.1) is 7.11 Å². The molecular formula is C17H23Cl3N4O2S. The first-order valence-corrected chi connectivity index (χ1v) is 9.35. The van der Waals surface area contributed by atoms with Crippen LogP contribution in [-0.2, 0) is 13.1 Å². The van der Waals surface area contributed by atoms with Crippen molar-refractivity contribution in [2.45, 2.75) is 13.1 Å². The van der Waals surface area contributed by atoms with E-state index in [-0.39, 0.29) is 30.7 Å². The first-order valence-electron chi connectivity index (χ1n) is 8.09. The summed E-state index contributed by atoms with van der Waals surface area (Å²) >= 11 is 7.53. The summed E-state index contributed by atoms with van der Waals surface area (Å²) in [6, 6.07) is 5.64. The number of carbonyl (C=O) groups is 1. The van der Waals surface area contributed by atoms with Crippen molar-refractivity contribution in [2.75, 3.05) is 33.3 Å². The maximum Gasteiger partial charge on any atom is 0.273 e. The zero-order valence-corrected chi connectivity index (χ0v) is 18.1. The van der Waals surface area contributed by atoms with Crippen LogP contribution < -0.4 is 10.5 Å². The number of rotatable bonds is 5. The topological polar surface area (TPSA) is 71.7 Å². The molecule has 1 saturated heterocycles. The van der Waals surface area contributed by atoms with Crippen molar-refractivity contribution < 1.29 is 9.53 Å². The second-order valence-electron chi connectivity index (χ2n) is 5.86. The third-order valence-corrected chi connectivity index (χ3v) is 5.35. The Morgan fingerprint density at radius 1 is 1.30 bits per heavy atom. The molecule has 1 aromatic carbocycles. The summed E-state index contributed by atoms with van der Waals surface area (Å²) in [6.45, 7) is 4.08. The molecule has 0 spiro atoms. The molecule has 2 aromatic rings. The quantitative estimate of drug-likeness (QED) is 0.753. The molecule has 150 valence electrons. The molecule has 0 unspecified atom stereocenters. The van der Waals surface area contributed by atoms with E-state index < -0.39 is 0 Å². The number of hydrogen-bond donors (Lipinski definition) is 1. The Hall–Kier alpha value is -1.09. The molecule has 10 heteroatoms. The minimum absolute atomic E-state index is 0. The van der Waals surface area contributed by atoms with E-state index in [1.165, 1.54) is 11.3 Å². The lowest BCUT2D eigenvalue weighted by molar-refractivity contribution is 0.0622. The highest BCUT2D eigenvalue weighted by Crippen LogP contribution is 2.24. The summed E-state index contributed by atoms with van der Waals surface area (Å²) in [5.74, 6) is 0.815. The van der Waals surface area contributed by atoms with Gasteiger partial charge in [-0.1, -0.05) is 11.6 Å². The van der Waals surface area contributed by atoms with Gasteiger partial charge in [-0.3, -0.25) is 9.69 Å². The summed E-state index contributed by atoms with van der Waals surface area (Å²) in [7, 11) is 1.66. The van der Waals surface area contributed by atoms with Crippen molar-refractivity contribution in [3.05, 3.63) is 44.9 Å². The first-order chi connectivity index (χ1) is 12.1. The van der Waals surface area contributed by atoms with E-state index in [1.54, 1.807) is 12.5 Å².